The first-order valence-corrected chi connectivity index (χ1v) is 7.70. The molecule has 0 atom stereocenters. The van der Waals surface area contributed by atoms with E-state index in [4.69, 9.17) is 21.8 Å². The second kappa shape index (κ2) is 10.2. The van der Waals surface area contributed by atoms with E-state index in [1.54, 1.807) is 24.3 Å². The molecule has 142 valence electrons. The molecular weight excluding hydrogens is 385 g/mol. The number of rotatable bonds is 4. The van der Waals surface area contributed by atoms with E-state index in [0.29, 0.717) is 10.6 Å². The summed E-state index contributed by atoms with van der Waals surface area (Å²) >= 11 is 5.63. The summed E-state index contributed by atoms with van der Waals surface area (Å²) in [4.78, 5) is 20.3. The molecule has 0 aliphatic carbocycles. The fourth-order valence-electron chi connectivity index (χ4n) is 1.69. The number of hydrogen-bond donors (Lipinski definition) is 2. The van der Waals surface area contributed by atoms with E-state index in [1.807, 2.05) is 0 Å². The molecule has 4 nitrogen and oxygen atoms in total. The van der Waals surface area contributed by atoms with Crippen LogP contribution in [0, 0.1) is 0 Å². The van der Waals surface area contributed by atoms with Gasteiger partial charge in [-0.1, -0.05) is 35.9 Å². The van der Waals surface area contributed by atoms with Gasteiger partial charge >= 0.3 is 18.1 Å². The lowest BCUT2D eigenvalue weighted by Gasteiger charge is -2.05. The van der Waals surface area contributed by atoms with E-state index < -0.39 is 23.7 Å². The van der Waals surface area contributed by atoms with E-state index in [2.05, 4.69) is 0 Å². The van der Waals surface area contributed by atoms with Gasteiger partial charge in [0.05, 0.1) is 5.56 Å². The van der Waals surface area contributed by atoms with Crippen molar-refractivity contribution in [3.63, 3.8) is 0 Å². The van der Waals surface area contributed by atoms with Gasteiger partial charge in [-0.2, -0.15) is 13.2 Å². The van der Waals surface area contributed by atoms with Crippen LogP contribution in [0.5, 0.6) is 0 Å². The Hall–Kier alpha value is -3.06. The van der Waals surface area contributed by atoms with Gasteiger partial charge in [-0.25, -0.2) is 9.59 Å². The fraction of sp³-hybridized carbons (Fsp3) is 0.0526. The third-order valence-corrected chi connectivity index (χ3v) is 3.20. The number of hydrogen-bond acceptors (Lipinski definition) is 2. The Morgan fingerprint density at radius 3 is 1.48 bits per heavy atom. The van der Waals surface area contributed by atoms with Crippen molar-refractivity contribution in [1.82, 2.24) is 0 Å². The minimum Gasteiger partial charge on any atom is -0.478 e. The van der Waals surface area contributed by atoms with Crippen LogP contribution >= 0.6 is 11.6 Å². The van der Waals surface area contributed by atoms with Crippen LogP contribution in [-0.4, -0.2) is 22.2 Å². The summed E-state index contributed by atoms with van der Waals surface area (Å²) in [5, 5.41) is 17.2. The molecule has 0 bridgehead atoms. The molecule has 2 rings (SSSR count). The second-order valence-electron chi connectivity index (χ2n) is 5.01. The molecule has 0 unspecified atom stereocenters. The molecule has 8 heteroatoms. The summed E-state index contributed by atoms with van der Waals surface area (Å²) in [5.74, 6) is -2.10. The van der Waals surface area contributed by atoms with Gasteiger partial charge in [0, 0.05) is 17.2 Å². The number of benzene rings is 2. The summed E-state index contributed by atoms with van der Waals surface area (Å²) in [7, 11) is 0. The van der Waals surface area contributed by atoms with Crippen LogP contribution < -0.4 is 0 Å². The summed E-state index contributed by atoms with van der Waals surface area (Å²) in [6, 6.07) is 11.2. The largest absolute Gasteiger partial charge is 0.478 e. The molecule has 0 spiro atoms. The Labute approximate surface area is 157 Å². The fourth-order valence-corrected chi connectivity index (χ4v) is 1.82. The first-order chi connectivity index (χ1) is 12.6. The van der Waals surface area contributed by atoms with Crippen LogP contribution in [0.4, 0.5) is 13.2 Å². The van der Waals surface area contributed by atoms with Gasteiger partial charge in [0.1, 0.15) is 0 Å². The van der Waals surface area contributed by atoms with Crippen molar-refractivity contribution in [2.45, 2.75) is 6.18 Å². The number of alkyl halides is 3. The molecule has 0 heterocycles. The number of carboxylic acid groups (broad SMARTS) is 2. The maximum Gasteiger partial charge on any atom is 0.416 e. The molecule has 2 N–H and O–H groups in total. The molecule has 2 aromatic carbocycles. The summed E-state index contributed by atoms with van der Waals surface area (Å²) in [6.45, 7) is 0. The Kier molecular flexibility index (Phi) is 8.29. The Balaban J connectivity index is 0.000000277. The summed E-state index contributed by atoms with van der Waals surface area (Å²) in [5.41, 5.74) is 0.474. The molecule has 0 saturated carbocycles. The van der Waals surface area contributed by atoms with Crippen molar-refractivity contribution in [3.05, 3.63) is 82.4 Å². The first kappa shape index (κ1) is 22.0. The minimum atomic E-state index is -4.37. The van der Waals surface area contributed by atoms with Gasteiger partial charge < -0.3 is 10.2 Å². The lowest BCUT2D eigenvalue weighted by atomic mass is 10.1. The molecular formula is C19H14ClF3O4. The van der Waals surface area contributed by atoms with Crippen molar-refractivity contribution in [1.29, 1.82) is 0 Å². The Morgan fingerprint density at radius 1 is 0.778 bits per heavy atom. The maximum absolute atomic E-state index is 12.1. The van der Waals surface area contributed by atoms with Crippen molar-refractivity contribution in [2.75, 3.05) is 0 Å². The SMILES string of the molecule is O=C(O)/C=C/c1ccc(C(F)(F)F)cc1.O=C(O)C=Cc1ccc(Cl)cc1. The number of carboxylic acids is 2. The van der Waals surface area contributed by atoms with E-state index in [1.165, 1.54) is 24.3 Å². The zero-order valence-corrected chi connectivity index (χ0v) is 14.4. The Morgan fingerprint density at radius 2 is 1.15 bits per heavy atom. The van der Waals surface area contributed by atoms with Crippen molar-refractivity contribution >= 4 is 35.7 Å². The van der Waals surface area contributed by atoms with Gasteiger partial charge in [0.2, 0.25) is 0 Å². The van der Waals surface area contributed by atoms with Crippen molar-refractivity contribution in [3.8, 4) is 0 Å². The van der Waals surface area contributed by atoms with Gasteiger partial charge in [-0.15, -0.1) is 0 Å². The first-order valence-electron chi connectivity index (χ1n) is 7.33. The maximum atomic E-state index is 12.1. The number of halogens is 4. The molecule has 27 heavy (non-hydrogen) atoms. The molecule has 0 radical (unpaired) electrons. The van der Waals surface area contributed by atoms with E-state index in [9.17, 15) is 22.8 Å². The molecule has 0 aliphatic rings. The molecule has 0 amide bonds. The average molecular weight is 399 g/mol. The number of aliphatic carboxylic acids is 2. The zero-order valence-electron chi connectivity index (χ0n) is 13.7. The molecule has 0 aliphatic heterocycles. The second-order valence-corrected chi connectivity index (χ2v) is 5.45. The Bertz CT molecular complexity index is 824. The predicted molar refractivity (Wildman–Crippen MR) is 96.2 cm³/mol. The third-order valence-electron chi connectivity index (χ3n) is 2.94. The van der Waals surface area contributed by atoms with Crippen LogP contribution in [0.1, 0.15) is 16.7 Å². The molecule has 0 fully saturated rings. The van der Waals surface area contributed by atoms with E-state index in [-0.39, 0.29) is 0 Å². The van der Waals surface area contributed by atoms with E-state index >= 15 is 0 Å². The van der Waals surface area contributed by atoms with Gasteiger partial charge in [0.25, 0.3) is 0 Å². The van der Waals surface area contributed by atoms with E-state index in [0.717, 1.165) is 29.8 Å². The van der Waals surface area contributed by atoms with Crippen LogP contribution in [0.15, 0.2) is 60.7 Å². The summed E-state index contributed by atoms with van der Waals surface area (Å²) < 4.78 is 36.4. The van der Waals surface area contributed by atoms with Crippen molar-refractivity contribution in [2.24, 2.45) is 0 Å². The number of carbonyl (C=O) groups is 2. The molecule has 0 aromatic heterocycles. The van der Waals surface area contributed by atoms with Gasteiger partial charge in [-0.05, 0) is 47.5 Å². The zero-order chi connectivity index (χ0) is 20.4. The van der Waals surface area contributed by atoms with Gasteiger partial charge in [-0.3, -0.25) is 0 Å². The quantitative estimate of drug-likeness (QED) is 0.690. The minimum absolute atomic E-state index is 0.408. The topological polar surface area (TPSA) is 74.6 Å². The smallest absolute Gasteiger partial charge is 0.416 e. The standard InChI is InChI=1S/C10H7F3O2.C9H7ClO2/c11-10(12,13)8-4-1-7(2-5-8)3-6-9(14)15;10-8-4-1-7(2-5-8)3-6-9(11)12/h1-6H,(H,14,15);1-6H,(H,11,12)/b6-3+;. The highest BCUT2D eigenvalue weighted by atomic mass is 35.5. The highest BCUT2D eigenvalue weighted by molar-refractivity contribution is 6.30. The van der Waals surface area contributed by atoms with Crippen LogP contribution in [0.3, 0.4) is 0 Å². The monoisotopic (exact) mass is 398 g/mol. The third kappa shape index (κ3) is 9.27. The van der Waals surface area contributed by atoms with Crippen molar-refractivity contribution < 1.29 is 33.0 Å². The average Bonchev–Trinajstić information content (AvgIpc) is 2.59. The van der Waals surface area contributed by atoms with Crippen LogP contribution in [0.2, 0.25) is 5.02 Å². The highest BCUT2D eigenvalue weighted by Gasteiger charge is 2.29. The normalized spacial score (nSPS) is 11.3. The van der Waals surface area contributed by atoms with Crippen LogP contribution in [-0.2, 0) is 15.8 Å². The van der Waals surface area contributed by atoms with Crippen LogP contribution in [0.25, 0.3) is 12.2 Å². The lowest BCUT2D eigenvalue weighted by molar-refractivity contribution is -0.137. The highest BCUT2D eigenvalue weighted by Crippen LogP contribution is 2.29. The molecule has 2 aromatic rings. The lowest BCUT2D eigenvalue weighted by Crippen LogP contribution is -2.03. The predicted octanol–water partition coefficient (Wildman–Crippen LogP) is 5.24. The van der Waals surface area contributed by atoms with Gasteiger partial charge in [0.15, 0.2) is 0 Å². The molecule has 0 saturated heterocycles. The summed E-state index contributed by atoms with van der Waals surface area (Å²) in [6.07, 6.45) is 0.321.